The highest BCUT2D eigenvalue weighted by Gasteiger charge is 2.39. The minimum absolute atomic E-state index is 0.199. The lowest BCUT2D eigenvalue weighted by Gasteiger charge is -2.40. The number of aliphatic hydroxyl groups is 1. The quantitative estimate of drug-likeness (QED) is 0.203. The molecule has 1 aromatic carbocycles. The number of hydrogen-bond donors (Lipinski definition) is 1. The minimum atomic E-state index is -2.16. The van der Waals surface area contributed by atoms with E-state index in [0.717, 1.165) is 12.0 Å². The Kier molecular flexibility index (Phi) is 6.85. The molecule has 0 radical (unpaired) electrons. The second-order valence-electron chi connectivity index (χ2n) is 6.37. The minimum Gasteiger partial charge on any atom is -0.389 e. The number of halogens is 5. The van der Waals surface area contributed by atoms with Crippen LogP contribution in [0.15, 0.2) is 17.0 Å². The fourth-order valence-corrected chi connectivity index (χ4v) is 8.54. The van der Waals surface area contributed by atoms with Gasteiger partial charge in [-0.2, -0.15) is 0 Å². The first-order valence-corrected chi connectivity index (χ1v) is 11.7. The fourth-order valence-electron chi connectivity index (χ4n) is 2.68. The van der Waals surface area contributed by atoms with Crippen molar-refractivity contribution in [1.82, 2.24) is 0 Å². The summed E-state index contributed by atoms with van der Waals surface area (Å²) in [6.45, 7) is 7.32. The van der Waals surface area contributed by atoms with Gasteiger partial charge >= 0.3 is 0 Å². The van der Waals surface area contributed by atoms with E-state index in [-0.39, 0.29) is 18.2 Å². The first kappa shape index (κ1) is 21.0. The van der Waals surface area contributed by atoms with Crippen molar-refractivity contribution in [3.05, 3.63) is 41.2 Å². The molecular weight excluding hydrogens is 398 g/mol. The van der Waals surface area contributed by atoms with Crippen LogP contribution in [0.4, 0.5) is 22.0 Å². The van der Waals surface area contributed by atoms with Crippen molar-refractivity contribution in [1.29, 1.82) is 0 Å². The van der Waals surface area contributed by atoms with Gasteiger partial charge in [-0.1, -0.05) is 23.5 Å². The normalized spacial score (nSPS) is 27.2. The summed E-state index contributed by atoms with van der Waals surface area (Å²) in [4.78, 5) is -0.880. The lowest BCUT2D eigenvalue weighted by atomic mass is 9.77. The molecule has 1 aliphatic carbocycles. The summed E-state index contributed by atoms with van der Waals surface area (Å²) >= 11 is 1.86. The molecule has 1 saturated carbocycles. The third-order valence-corrected chi connectivity index (χ3v) is 9.74. The summed E-state index contributed by atoms with van der Waals surface area (Å²) in [5.74, 6) is -9.42. The van der Waals surface area contributed by atoms with Crippen LogP contribution in [-0.4, -0.2) is 16.0 Å². The third kappa shape index (κ3) is 4.52. The van der Waals surface area contributed by atoms with Crippen LogP contribution in [0.2, 0.25) is 0 Å². The van der Waals surface area contributed by atoms with E-state index in [9.17, 15) is 27.1 Å². The maximum Gasteiger partial charge on any atom is 0.200 e. The van der Waals surface area contributed by atoms with Gasteiger partial charge in [0.1, 0.15) is 0 Å². The molecule has 1 unspecified atom stereocenters. The molecule has 0 aliphatic heterocycles. The molecule has 4 atom stereocenters. The van der Waals surface area contributed by atoms with Crippen LogP contribution in [0.5, 0.6) is 0 Å². The van der Waals surface area contributed by atoms with Crippen LogP contribution in [0.25, 0.3) is 0 Å². The van der Waals surface area contributed by atoms with Gasteiger partial charge in [0, 0.05) is 12.2 Å². The zero-order valence-electron chi connectivity index (χ0n) is 13.6. The van der Waals surface area contributed by atoms with Crippen LogP contribution in [0.3, 0.4) is 0 Å². The van der Waals surface area contributed by atoms with Gasteiger partial charge in [-0.05, 0) is 39.0 Å². The molecule has 25 heavy (non-hydrogen) atoms. The van der Waals surface area contributed by atoms with Crippen molar-refractivity contribution in [2.45, 2.75) is 48.9 Å². The molecule has 9 heteroatoms. The lowest BCUT2D eigenvalue weighted by Crippen LogP contribution is -2.42. The van der Waals surface area contributed by atoms with Gasteiger partial charge in [-0.3, -0.25) is 0 Å². The summed E-state index contributed by atoms with van der Waals surface area (Å²) in [6, 6.07) is 0. The van der Waals surface area contributed by atoms with Gasteiger partial charge in [0.2, 0.25) is 5.82 Å². The highest BCUT2D eigenvalue weighted by molar-refractivity contribution is 8.82. The van der Waals surface area contributed by atoms with E-state index in [0.29, 0.717) is 24.2 Å². The van der Waals surface area contributed by atoms with Crippen LogP contribution < -0.4 is 0 Å². The first-order valence-electron chi connectivity index (χ1n) is 7.53. The molecule has 140 valence electrons. The monoisotopic (exact) mass is 416 g/mol. The molecular formula is C16H18F5OPS2. The van der Waals surface area contributed by atoms with E-state index in [1.54, 1.807) is 6.92 Å². The van der Waals surface area contributed by atoms with Gasteiger partial charge in [0.25, 0.3) is 0 Å². The maximum atomic E-state index is 13.7. The Bertz CT molecular complexity index is 654. The maximum absolute atomic E-state index is 13.7. The summed E-state index contributed by atoms with van der Waals surface area (Å²) in [5, 5.41) is 10.3. The van der Waals surface area contributed by atoms with Crippen molar-refractivity contribution >= 4 is 29.7 Å². The average molecular weight is 416 g/mol. The second kappa shape index (κ2) is 8.15. The van der Waals surface area contributed by atoms with Crippen molar-refractivity contribution in [2.24, 2.45) is 5.92 Å². The molecule has 0 aromatic heterocycles. The second-order valence-corrected chi connectivity index (χ2v) is 11.3. The number of benzene rings is 1. The zero-order valence-corrected chi connectivity index (χ0v) is 16.3. The highest BCUT2D eigenvalue weighted by Crippen LogP contribution is 2.55. The summed E-state index contributed by atoms with van der Waals surface area (Å²) in [5.41, 5.74) is 0.0671. The van der Waals surface area contributed by atoms with Crippen LogP contribution in [0, 0.1) is 35.0 Å². The fraction of sp³-hybridized carbons (Fsp3) is 0.500. The van der Waals surface area contributed by atoms with Crippen molar-refractivity contribution in [3.8, 4) is 0 Å². The van der Waals surface area contributed by atoms with E-state index >= 15 is 0 Å². The SMILES string of the molecule is C=C(C)[C@@H]1CC[C@](C)(O)[C@@H](SPSc2c(F)c(F)c(F)c(F)c2F)C1. The Balaban J connectivity index is 2.08. The molecule has 0 bridgehead atoms. The average Bonchev–Trinajstić information content (AvgIpc) is 2.55. The topological polar surface area (TPSA) is 20.2 Å². The molecule has 1 N–H and O–H groups in total. The number of rotatable bonds is 5. The molecule has 0 amide bonds. The largest absolute Gasteiger partial charge is 0.389 e. The Hall–Kier alpha value is -0.300. The van der Waals surface area contributed by atoms with Crippen molar-refractivity contribution in [2.75, 3.05) is 0 Å². The van der Waals surface area contributed by atoms with Gasteiger partial charge in [0.05, 0.1) is 10.5 Å². The van der Waals surface area contributed by atoms with Crippen LogP contribution >= 0.6 is 29.7 Å². The molecule has 0 spiro atoms. The summed E-state index contributed by atoms with van der Waals surface area (Å²) < 4.78 is 66.9. The Morgan fingerprint density at radius 3 is 2.16 bits per heavy atom. The predicted molar refractivity (Wildman–Crippen MR) is 94.6 cm³/mol. The molecule has 0 heterocycles. The molecule has 1 aliphatic rings. The zero-order chi connectivity index (χ0) is 18.9. The van der Waals surface area contributed by atoms with E-state index in [1.807, 2.05) is 6.92 Å². The third-order valence-electron chi connectivity index (χ3n) is 4.39. The van der Waals surface area contributed by atoms with E-state index < -0.39 is 39.6 Å². The molecule has 1 nitrogen and oxygen atoms in total. The predicted octanol–water partition coefficient (Wildman–Crippen LogP) is 6.21. The number of allylic oxidation sites excluding steroid dienone is 1. The first-order chi connectivity index (χ1) is 11.6. The molecule has 1 aromatic rings. The van der Waals surface area contributed by atoms with Crippen molar-refractivity contribution < 1.29 is 27.1 Å². The lowest BCUT2D eigenvalue weighted by molar-refractivity contribution is 0.0198. The molecule has 1 fully saturated rings. The van der Waals surface area contributed by atoms with Gasteiger partial charge in [-0.15, -0.1) is 11.4 Å². The molecule has 2 rings (SSSR count). The Morgan fingerprint density at radius 1 is 1.12 bits per heavy atom. The highest BCUT2D eigenvalue weighted by atomic mass is 33.1. The Labute approximate surface area is 153 Å². The standard InChI is InChI=1S/C16H18F5OPS2/c1-7(2)8-4-5-16(3,22)9(6-8)24-23-25-15-13(20)11(18)10(17)12(19)14(15)21/h8-9,22-23H,1,4-6H2,2-3H3/t8-,9+,16+/m1/s1. The van der Waals surface area contributed by atoms with Gasteiger partial charge < -0.3 is 5.11 Å². The molecule has 0 saturated heterocycles. The smallest absolute Gasteiger partial charge is 0.200 e. The van der Waals surface area contributed by atoms with Gasteiger partial charge in [0.15, 0.2) is 23.3 Å². The van der Waals surface area contributed by atoms with Crippen molar-refractivity contribution in [3.63, 3.8) is 0 Å². The van der Waals surface area contributed by atoms with E-state index in [2.05, 4.69) is 6.58 Å². The summed E-state index contributed by atoms with van der Waals surface area (Å²) in [7, 11) is 0. The Morgan fingerprint density at radius 2 is 1.64 bits per heavy atom. The van der Waals surface area contributed by atoms with Crippen LogP contribution in [0.1, 0.15) is 33.1 Å². The van der Waals surface area contributed by atoms with Gasteiger partial charge in [-0.25, -0.2) is 22.0 Å². The van der Waals surface area contributed by atoms with E-state index in [1.165, 1.54) is 11.4 Å². The summed E-state index contributed by atoms with van der Waals surface area (Å²) in [6.07, 6.45) is 2.05. The number of hydrogen-bond acceptors (Lipinski definition) is 3. The van der Waals surface area contributed by atoms with E-state index in [4.69, 9.17) is 0 Å². The van der Waals surface area contributed by atoms with Crippen LogP contribution in [-0.2, 0) is 0 Å².